The van der Waals surface area contributed by atoms with Crippen molar-refractivity contribution in [3.8, 4) is 6.07 Å². The molecule has 0 unspecified atom stereocenters. The number of hydrogen-bond donors (Lipinski definition) is 0. The molecule has 2 aromatic rings. The molecule has 0 aliphatic heterocycles. The fourth-order valence-corrected chi connectivity index (χ4v) is 1.85. The summed E-state index contributed by atoms with van der Waals surface area (Å²) < 4.78 is 13.1. The van der Waals surface area contributed by atoms with E-state index < -0.39 is 5.82 Å². The van der Waals surface area contributed by atoms with Crippen LogP contribution < -0.4 is 4.90 Å². The van der Waals surface area contributed by atoms with Gasteiger partial charge in [-0.1, -0.05) is 6.07 Å². The first-order chi connectivity index (χ1) is 9.15. The van der Waals surface area contributed by atoms with E-state index in [4.69, 9.17) is 5.26 Å². The summed E-state index contributed by atoms with van der Waals surface area (Å²) in [7, 11) is 1.76. The molecule has 0 aliphatic carbocycles. The van der Waals surface area contributed by atoms with Crippen molar-refractivity contribution in [1.29, 1.82) is 5.26 Å². The van der Waals surface area contributed by atoms with Crippen LogP contribution in [0.25, 0.3) is 0 Å². The minimum atomic E-state index is -0.454. The van der Waals surface area contributed by atoms with Crippen LogP contribution in [0.4, 0.5) is 15.8 Å². The van der Waals surface area contributed by atoms with Crippen molar-refractivity contribution in [1.82, 2.24) is 0 Å². The summed E-state index contributed by atoms with van der Waals surface area (Å²) >= 11 is 0. The lowest BCUT2D eigenvalue weighted by molar-refractivity contribution is 0.112. The quantitative estimate of drug-likeness (QED) is 0.789. The van der Waals surface area contributed by atoms with E-state index in [1.54, 1.807) is 30.1 Å². The van der Waals surface area contributed by atoms with Gasteiger partial charge >= 0.3 is 0 Å². The Hall–Kier alpha value is -2.67. The molecule has 0 radical (unpaired) electrons. The van der Waals surface area contributed by atoms with Crippen LogP contribution in [0, 0.1) is 17.1 Å². The van der Waals surface area contributed by atoms with Gasteiger partial charge in [-0.05, 0) is 36.4 Å². The Balaban J connectivity index is 2.46. The minimum Gasteiger partial charge on any atom is -0.344 e. The van der Waals surface area contributed by atoms with Gasteiger partial charge in [-0.15, -0.1) is 0 Å². The standard InChI is InChI=1S/C15H11FN2O/c1-18(14-4-2-3-11(7-14)9-17)15-6-5-13(16)8-12(15)10-19/h2-8,10H,1H3. The molecule has 2 rings (SSSR count). The van der Waals surface area contributed by atoms with E-state index in [-0.39, 0.29) is 5.56 Å². The lowest BCUT2D eigenvalue weighted by Gasteiger charge is -2.21. The zero-order valence-electron chi connectivity index (χ0n) is 10.3. The zero-order valence-corrected chi connectivity index (χ0v) is 10.3. The Morgan fingerprint density at radius 2 is 2.05 bits per heavy atom. The Bertz CT molecular complexity index is 661. The maximum atomic E-state index is 13.1. The third kappa shape index (κ3) is 2.61. The molecule has 4 heteroatoms. The molecule has 0 aliphatic rings. The maximum Gasteiger partial charge on any atom is 0.152 e. The van der Waals surface area contributed by atoms with Gasteiger partial charge in [0.15, 0.2) is 6.29 Å². The SMILES string of the molecule is CN(c1cccc(C#N)c1)c1ccc(F)cc1C=O. The molecule has 0 fully saturated rings. The normalized spacial score (nSPS) is 9.74. The summed E-state index contributed by atoms with van der Waals surface area (Å²) in [5, 5.41) is 8.88. The molecule has 0 saturated heterocycles. The van der Waals surface area contributed by atoms with E-state index in [0.717, 1.165) is 5.69 Å². The van der Waals surface area contributed by atoms with E-state index in [0.29, 0.717) is 17.5 Å². The predicted octanol–water partition coefficient (Wildman–Crippen LogP) is 3.28. The highest BCUT2D eigenvalue weighted by Crippen LogP contribution is 2.27. The summed E-state index contributed by atoms with van der Waals surface area (Å²) in [5.74, 6) is -0.454. The number of carbonyl (C=O) groups is 1. The highest BCUT2D eigenvalue weighted by Gasteiger charge is 2.10. The average Bonchev–Trinajstić information content (AvgIpc) is 2.46. The van der Waals surface area contributed by atoms with Crippen LogP contribution in [0.1, 0.15) is 15.9 Å². The minimum absolute atomic E-state index is 0.268. The molecule has 0 spiro atoms. The van der Waals surface area contributed by atoms with Gasteiger partial charge in [-0.25, -0.2) is 4.39 Å². The van der Waals surface area contributed by atoms with Gasteiger partial charge in [-0.2, -0.15) is 5.26 Å². The number of rotatable bonds is 3. The lowest BCUT2D eigenvalue weighted by Crippen LogP contribution is -2.12. The van der Waals surface area contributed by atoms with Crippen LogP contribution in [0.15, 0.2) is 42.5 Å². The van der Waals surface area contributed by atoms with Crippen molar-refractivity contribution >= 4 is 17.7 Å². The fraction of sp³-hybridized carbons (Fsp3) is 0.0667. The summed E-state index contributed by atoms with van der Waals surface area (Å²) in [6.07, 6.45) is 0.614. The highest BCUT2D eigenvalue weighted by atomic mass is 19.1. The lowest BCUT2D eigenvalue weighted by atomic mass is 10.1. The van der Waals surface area contributed by atoms with Gasteiger partial charge < -0.3 is 4.90 Å². The third-order valence-electron chi connectivity index (χ3n) is 2.84. The largest absolute Gasteiger partial charge is 0.344 e. The highest BCUT2D eigenvalue weighted by molar-refractivity contribution is 5.86. The van der Waals surface area contributed by atoms with Crippen molar-refractivity contribution in [2.75, 3.05) is 11.9 Å². The first-order valence-electron chi connectivity index (χ1n) is 5.64. The van der Waals surface area contributed by atoms with Crippen molar-refractivity contribution in [3.63, 3.8) is 0 Å². The molecule has 3 nitrogen and oxygen atoms in total. The number of halogens is 1. The van der Waals surface area contributed by atoms with Crippen LogP contribution in [-0.2, 0) is 0 Å². The average molecular weight is 254 g/mol. The van der Waals surface area contributed by atoms with Crippen LogP contribution in [-0.4, -0.2) is 13.3 Å². The first-order valence-corrected chi connectivity index (χ1v) is 5.64. The van der Waals surface area contributed by atoms with E-state index >= 15 is 0 Å². The molecule has 0 atom stereocenters. The molecule has 94 valence electrons. The second kappa shape index (κ2) is 5.32. The smallest absolute Gasteiger partial charge is 0.152 e. The van der Waals surface area contributed by atoms with Gasteiger partial charge in [0.2, 0.25) is 0 Å². The zero-order chi connectivity index (χ0) is 13.8. The number of anilines is 2. The van der Waals surface area contributed by atoms with Gasteiger partial charge in [0.1, 0.15) is 5.82 Å². The monoisotopic (exact) mass is 254 g/mol. The second-order valence-corrected chi connectivity index (χ2v) is 4.04. The van der Waals surface area contributed by atoms with Crippen molar-refractivity contribution in [3.05, 3.63) is 59.4 Å². The molecule has 0 heterocycles. The Morgan fingerprint density at radius 1 is 1.26 bits per heavy atom. The number of aldehydes is 1. The summed E-state index contributed by atoms with van der Waals surface area (Å²) in [6.45, 7) is 0. The number of hydrogen-bond acceptors (Lipinski definition) is 3. The van der Waals surface area contributed by atoms with Gasteiger partial charge in [0.25, 0.3) is 0 Å². The molecule has 0 amide bonds. The number of carbonyl (C=O) groups excluding carboxylic acids is 1. The Morgan fingerprint density at radius 3 is 2.74 bits per heavy atom. The van der Waals surface area contributed by atoms with Crippen molar-refractivity contribution in [2.45, 2.75) is 0 Å². The van der Waals surface area contributed by atoms with Crippen LogP contribution >= 0.6 is 0 Å². The number of nitriles is 1. The number of benzene rings is 2. The topological polar surface area (TPSA) is 44.1 Å². The summed E-state index contributed by atoms with van der Waals surface area (Å²) in [4.78, 5) is 12.7. The summed E-state index contributed by atoms with van der Waals surface area (Å²) in [5.41, 5.74) is 2.14. The summed E-state index contributed by atoms with van der Waals surface area (Å²) in [6, 6.07) is 13.1. The van der Waals surface area contributed by atoms with Gasteiger partial charge in [0, 0.05) is 18.3 Å². The Labute approximate surface area is 110 Å². The molecule has 0 N–H and O–H groups in total. The first kappa shape index (κ1) is 12.8. The molecule has 0 saturated carbocycles. The van der Waals surface area contributed by atoms with E-state index in [9.17, 15) is 9.18 Å². The second-order valence-electron chi connectivity index (χ2n) is 4.04. The Kier molecular flexibility index (Phi) is 3.58. The number of nitrogens with zero attached hydrogens (tertiary/aromatic N) is 2. The fourth-order valence-electron chi connectivity index (χ4n) is 1.85. The van der Waals surface area contributed by atoms with Crippen LogP contribution in [0.2, 0.25) is 0 Å². The van der Waals surface area contributed by atoms with Crippen molar-refractivity contribution in [2.24, 2.45) is 0 Å². The maximum absolute atomic E-state index is 13.1. The van der Waals surface area contributed by atoms with E-state index in [1.165, 1.54) is 18.2 Å². The molecule has 2 aromatic carbocycles. The van der Waals surface area contributed by atoms with E-state index in [1.807, 2.05) is 6.07 Å². The molecule has 0 bridgehead atoms. The molecular formula is C15H11FN2O. The van der Waals surface area contributed by atoms with E-state index in [2.05, 4.69) is 6.07 Å². The van der Waals surface area contributed by atoms with Crippen LogP contribution in [0.3, 0.4) is 0 Å². The predicted molar refractivity (Wildman–Crippen MR) is 71.0 cm³/mol. The molecule has 19 heavy (non-hydrogen) atoms. The van der Waals surface area contributed by atoms with Crippen molar-refractivity contribution < 1.29 is 9.18 Å². The van der Waals surface area contributed by atoms with Gasteiger partial charge in [0.05, 0.1) is 17.3 Å². The molecular weight excluding hydrogens is 243 g/mol. The van der Waals surface area contributed by atoms with Gasteiger partial charge in [-0.3, -0.25) is 4.79 Å². The third-order valence-corrected chi connectivity index (χ3v) is 2.84. The van der Waals surface area contributed by atoms with Crippen LogP contribution in [0.5, 0.6) is 0 Å². The molecule has 0 aromatic heterocycles.